The summed E-state index contributed by atoms with van der Waals surface area (Å²) >= 11 is 6.34. The Morgan fingerprint density at radius 1 is 1.06 bits per heavy atom. The fourth-order valence-electron chi connectivity index (χ4n) is 4.56. The second kappa shape index (κ2) is 12.2. The van der Waals surface area contributed by atoms with Gasteiger partial charge in [-0.1, -0.05) is 60.5 Å². The van der Waals surface area contributed by atoms with Gasteiger partial charge in [0, 0.05) is 57.3 Å². The Kier molecular flexibility index (Phi) is 8.83. The summed E-state index contributed by atoms with van der Waals surface area (Å²) in [4.78, 5) is 32.1. The van der Waals surface area contributed by atoms with E-state index in [0.717, 1.165) is 56.9 Å². The second-order valence-corrected chi connectivity index (χ2v) is 9.58. The third-order valence-corrected chi connectivity index (χ3v) is 7.31. The predicted molar refractivity (Wildman–Crippen MR) is 140 cm³/mol. The molecule has 1 saturated carbocycles. The van der Waals surface area contributed by atoms with E-state index >= 15 is 0 Å². The van der Waals surface area contributed by atoms with Crippen LogP contribution in [0.3, 0.4) is 0 Å². The molecule has 1 aliphatic carbocycles. The van der Waals surface area contributed by atoms with Gasteiger partial charge in [-0.2, -0.15) is 0 Å². The maximum Gasteiger partial charge on any atom is 0.255 e. The molecule has 0 aromatic heterocycles. The third kappa shape index (κ3) is 6.44. The Morgan fingerprint density at radius 3 is 2.46 bits per heavy atom. The monoisotopic (exact) mass is 495 g/mol. The van der Waals surface area contributed by atoms with Crippen LogP contribution in [0.2, 0.25) is 5.02 Å². The van der Waals surface area contributed by atoms with Crippen molar-refractivity contribution in [2.45, 2.75) is 19.3 Å². The molecule has 0 unspecified atom stereocenters. The summed E-state index contributed by atoms with van der Waals surface area (Å²) < 4.78 is 5.43. The third-order valence-electron chi connectivity index (χ3n) is 6.98. The van der Waals surface area contributed by atoms with E-state index in [9.17, 15) is 9.59 Å². The molecule has 1 heterocycles. The molecule has 2 fully saturated rings. The Hall–Kier alpha value is -2.83. The molecule has 0 radical (unpaired) electrons. The molecule has 1 saturated heterocycles. The number of hydrogen-bond donors (Lipinski definition) is 0. The van der Waals surface area contributed by atoms with Crippen molar-refractivity contribution in [3.8, 4) is 5.75 Å². The molecule has 2 aromatic rings. The van der Waals surface area contributed by atoms with E-state index in [4.69, 9.17) is 16.3 Å². The summed E-state index contributed by atoms with van der Waals surface area (Å²) in [6, 6.07) is 15.0. The van der Waals surface area contributed by atoms with Gasteiger partial charge in [-0.15, -0.1) is 0 Å². The first-order valence-corrected chi connectivity index (χ1v) is 12.8. The van der Waals surface area contributed by atoms with E-state index in [0.29, 0.717) is 29.6 Å². The first kappa shape index (κ1) is 25.3. The lowest BCUT2D eigenvalue weighted by atomic mass is 9.84. The van der Waals surface area contributed by atoms with Crippen LogP contribution in [0.15, 0.2) is 54.6 Å². The minimum Gasteiger partial charge on any atom is -0.496 e. The van der Waals surface area contributed by atoms with Crippen LogP contribution in [-0.4, -0.2) is 79.4 Å². The van der Waals surface area contributed by atoms with Crippen molar-refractivity contribution in [1.82, 2.24) is 14.7 Å². The van der Waals surface area contributed by atoms with Gasteiger partial charge < -0.3 is 14.5 Å². The lowest BCUT2D eigenvalue weighted by Gasteiger charge is -2.38. The fraction of sp³-hybridized carbons (Fsp3) is 0.429. The highest BCUT2D eigenvalue weighted by Gasteiger charge is 2.31. The smallest absolute Gasteiger partial charge is 0.255 e. The van der Waals surface area contributed by atoms with E-state index in [1.54, 1.807) is 19.2 Å². The Balaban J connectivity index is 1.38. The Labute approximate surface area is 213 Å². The molecule has 35 heavy (non-hydrogen) atoms. The van der Waals surface area contributed by atoms with Crippen LogP contribution in [0.25, 0.3) is 6.08 Å². The molecule has 186 valence electrons. The van der Waals surface area contributed by atoms with Gasteiger partial charge in [0.2, 0.25) is 5.91 Å². The zero-order valence-corrected chi connectivity index (χ0v) is 21.1. The number of benzene rings is 2. The van der Waals surface area contributed by atoms with Gasteiger partial charge in [0.15, 0.2) is 0 Å². The minimum atomic E-state index is -0.0842. The van der Waals surface area contributed by atoms with E-state index in [-0.39, 0.29) is 11.8 Å². The van der Waals surface area contributed by atoms with E-state index in [2.05, 4.69) is 4.90 Å². The van der Waals surface area contributed by atoms with E-state index in [1.807, 2.05) is 58.4 Å². The lowest BCUT2D eigenvalue weighted by molar-refractivity contribution is -0.139. The van der Waals surface area contributed by atoms with Crippen LogP contribution in [0.1, 0.15) is 35.2 Å². The summed E-state index contributed by atoms with van der Waals surface area (Å²) in [7, 11) is 1.65. The van der Waals surface area contributed by atoms with Crippen molar-refractivity contribution in [3.05, 3.63) is 70.8 Å². The molecule has 0 bridgehead atoms. The number of piperazine rings is 1. The van der Waals surface area contributed by atoms with Crippen LogP contribution in [0.5, 0.6) is 5.75 Å². The fourth-order valence-corrected chi connectivity index (χ4v) is 4.78. The van der Waals surface area contributed by atoms with Gasteiger partial charge >= 0.3 is 0 Å². The molecule has 7 heteroatoms. The molecule has 2 aliphatic rings. The normalized spacial score (nSPS) is 16.8. The molecule has 0 atom stereocenters. The largest absolute Gasteiger partial charge is 0.496 e. The number of halogens is 1. The number of methoxy groups -OCH3 is 1. The maximum atomic E-state index is 13.4. The molecule has 0 spiro atoms. The Morgan fingerprint density at radius 2 is 1.77 bits per heavy atom. The number of carbonyl (C=O) groups excluding carboxylic acids is 2. The van der Waals surface area contributed by atoms with E-state index < -0.39 is 0 Å². The average Bonchev–Trinajstić information content (AvgIpc) is 2.85. The Bertz CT molecular complexity index is 1050. The first-order chi connectivity index (χ1) is 17.1. The molecule has 2 aromatic carbocycles. The van der Waals surface area contributed by atoms with Gasteiger partial charge in [-0.3, -0.25) is 14.5 Å². The number of carbonyl (C=O) groups is 2. The summed E-state index contributed by atoms with van der Waals surface area (Å²) in [6.07, 6.45) is 7.23. The average molecular weight is 496 g/mol. The van der Waals surface area contributed by atoms with Gasteiger partial charge in [-0.25, -0.2) is 0 Å². The van der Waals surface area contributed by atoms with Crippen molar-refractivity contribution in [2.24, 2.45) is 5.92 Å². The van der Waals surface area contributed by atoms with Crippen LogP contribution >= 0.6 is 11.6 Å². The van der Waals surface area contributed by atoms with Crippen LogP contribution in [-0.2, 0) is 4.79 Å². The number of hydrogen-bond acceptors (Lipinski definition) is 4. The highest BCUT2D eigenvalue weighted by Crippen LogP contribution is 2.28. The lowest BCUT2D eigenvalue weighted by Crippen LogP contribution is -2.52. The molecular formula is C28H34ClN3O3. The molecule has 6 nitrogen and oxygen atoms in total. The summed E-state index contributed by atoms with van der Waals surface area (Å²) in [5.74, 6) is 1.29. The molecule has 0 N–H and O–H groups in total. The number of para-hydroxylation sites is 1. The van der Waals surface area contributed by atoms with Crippen molar-refractivity contribution in [1.29, 1.82) is 0 Å². The predicted octanol–water partition coefficient (Wildman–Crippen LogP) is 4.45. The van der Waals surface area contributed by atoms with Crippen molar-refractivity contribution < 1.29 is 14.3 Å². The minimum absolute atomic E-state index is 0.0842. The molecule has 2 amide bonds. The van der Waals surface area contributed by atoms with Crippen molar-refractivity contribution in [2.75, 3.05) is 52.9 Å². The summed E-state index contributed by atoms with van der Waals surface area (Å²) in [5.41, 5.74) is 1.48. The van der Waals surface area contributed by atoms with Gasteiger partial charge in [0.25, 0.3) is 5.91 Å². The van der Waals surface area contributed by atoms with Crippen LogP contribution < -0.4 is 4.74 Å². The highest BCUT2D eigenvalue weighted by molar-refractivity contribution is 6.33. The first-order valence-electron chi connectivity index (χ1n) is 12.4. The zero-order chi connectivity index (χ0) is 24.6. The van der Waals surface area contributed by atoms with Crippen molar-refractivity contribution >= 4 is 29.5 Å². The number of nitrogens with zero attached hydrogens (tertiary/aromatic N) is 3. The maximum absolute atomic E-state index is 13.4. The number of rotatable bonds is 9. The van der Waals surface area contributed by atoms with Crippen LogP contribution in [0, 0.1) is 5.92 Å². The summed E-state index contributed by atoms with van der Waals surface area (Å²) in [6.45, 7) is 5.00. The molecule has 4 rings (SSSR count). The summed E-state index contributed by atoms with van der Waals surface area (Å²) in [5, 5.41) is 0.458. The number of amides is 2. The van der Waals surface area contributed by atoms with Gasteiger partial charge in [0.1, 0.15) is 5.75 Å². The quantitative estimate of drug-likeness (QED) is 0.516. The van der Waals surface area contributed by atoms with Crippen molar-refractivity contribution in [3.63, 3.8) is 0 Å². The van der Waals surface area contributed by atoms with E-state index in [1.165, 1.54) is 6.42 Å². The highest BCUT2D eigenvalue weighted by atomic mass is 35.5. The second-order valence-electron chi connectivity index (χ2n) is 9.17. The number of ether oxygens (including phenoxy) is 1. The van der Waals surface area contributed by atoms with Gasteiger partial charge in [0.05, 0.1) is 17.7 Å². The van der Waals surface area contributed by atoms with Crippen LogP contribution in [0.4, 0.5) is 0 Å². The van der Waals surface area contributed by atoms with Gasteiger partial charge in [-0.05, 0) is 31.0 Å². The standard InChI is InChI=1S/C28H34ClN3O3/c1-35-26-14-5-2-8-22(26)11-7-15-31(28(34)24-12-3-4-13-25(24)29)19-16-30-17-20-32(21-18-30)27(33)23-9-6-10-23/h2-5,7-8,11-14,23H,6,9-10,15-21H2,1H3/b11-7+. The topological polar surface area (TPSA) is 53.1 Å². The molecular weight excluding hydrogens is 462 g/mol. The zero-order valence-electron chi connectivity index (χ0n) is 20.4. The SMILES string of the molecule is COc1ccccc1/C=C/CN(CCN1CCN(C(=O)C2CCC2)CC1)C(=O)c1ccccc1Cl. The molecule has 1 aliphatic heterocycles.